The standard InChI is InChI=1S/C13H25N3O2/c1-9-8-16(2)5-4-11(9)15-13(17)12-6-10(18-3)7-14-12/h9-12,14H,4-8H2,1-3H3,(H,15,17). The Labute approximate surface area is 109 Å². The molecule has 4 unspecified atom stereocenters. The molecule has 1 amide bonds. The maximum atomic E-state index is 12.2. The third-order valence-corrected chi connectivity index (χ3v) is 4.18. The molecule has 5 nitrogen and oxygen atoms in total. The largest absolute Gasteiger partial charge is 0.380 e. The van der Waals surface area contributed by atoms with Gasteiger partial charge in [-0.3, -0.25) is 4.79 Å². The van der Waals surface area contributed by atoms with E-state index in [4.69, 9.17) is 4.74 Å². The van der Waals surface area contributed by atoms with Gasteiger partial charge in [-0.1, -0.05) is 6.92 Å². The molecule has 0 spiro atoms. The van der Waals surface area contributed by atoms with Crippen molar-refractivity contribution in [2.45, 2.75) is 38.0 Å². The molecular weight excluding hydrogens is 230 g/mol. The maximum Gasteiger partial charge on any atom is 0.237 e. The number of carbonyl (C=O) groups is 1. The van der Waals surface area contributed by atoms with Gasteiger partial charge >= 0.3 is 0 Å². The summed E-state index contributed by atoms with van der Waals surface area (Å²) in [6, 6.07) is 0.235. The summed E-state index contributed by atoms with van der Waals surface area (Å²) in [4.78, 5) is 14.5. The van der Waals surface area contributed by atoms with Gasteiger partial charge in [0.15, 0.2) is 0 Å². The first-order chi connectivity index (χ1) is 8.60. The van der Waals surface area contributed by atoms with Crippen LogP contribution in [0.1, 0.15) is 19.8 Å². The molecule has 0 saturated carbocycles. The van der Waals surface area contributed by atoms with E-state index >= 15 is 0 Å². The zero-order valence-electron chi connectivity index (χ0n) is 11.6. The molecule has 18 heavy (non-hydrogen) atoms. The summed E-state index contributed by atoms with van der Waals surface area (Å²) >= 11 is 0. The number of nitrogens with zero attached hydrogens (tertiary/aromatic N) is 1. The minimum Gasteiger partial charge on any atom is -0.380 e. The Bertz CT molecular complexity index is 298. The Morgan fingerprint density at radius 1 is 1.50 bits per heavy atom. The average molecular weight is 255 g/mol. The Kier molecular flexibility index (Phi) is 4.59. The Hall–Kier alpha value is -0.650. The van der Waals surface area contributed by atoms with Crippen molar-refractivity contribution in [1.82, 2.24) is 15.5 Å². The topological polar surface area (TPSA) is 53.6 Å². The van der Waals surface area contributed by atoms with Gasteiger partial charge in [0.25, 0.3) is 0 Å². The fourth-order valence-corrected chi connectivity index (χ4v) is 2.93. The SMILES string of the molecule is COC1CNC(C(=O)NC2CCN(C)CC2C)C1. The van der Waals surface area contributed by atoms with Crippen molar-refractivity contribution in [2.75, 3.05) is 33.8 Å². The average Bonchev–Trinajstić information content (AvgIpc) is 2.81. The highest BCUT2D eigenvalue weighted by Gasteiger charge is 2.32. The lowest BCUT2D eigenvalue weighted by Gasteiger charge is -2.35. The number of rotatable bonds is 3. The van der Waals surface area contributed by atoms with Crippen LogP contribution in [-0.2, 0) is 9.53 Å². The molecule has 104 valence electrons. The molecule has 2 N–H and O–H groups in total. The molecule has 0 aromatic heterocycles. The molecule has 2 rings (SSSR count). The van der Waals surface area contributed by atoms with E-state index < -0.39 is 0 Å². The van der Waals surface area contributed by atoms with Crippen LogP contribution in [-0.4, -0.2) is 62.8 Å². The molecule has 2 aliphatic heterocycles. The van der Waals surface area contributed by atoms with Gasteiger partial charge in [0, 0.05) is 26.2 Å². The van der Waals surface area contributed by atoms with Crippen LogP contribution < -0.4 is 10.6 Å². The van der Waals surface area contributed by atoms with Crippen molar-refractivity contribution in [3.8, 4) is 0 Å². The minimum atomic E-state index is -0.0817. The summed E-state index contributed by atoms with van der Waals surface area (Å²) < 4.78 is 5.27. The zero-order chi connectivity index (χ0) is 13.1. The van der Waals surface area contributed by atoms with Crippen molar-refractivity contribution in [3.05, 3.63) is 0 Å². The third-order valence-electron chi connectivity index (χ3n) is 4.18. The monoisotopic (exact) mass is 255 g/mol. The lowest BCUT2D eigenvalue weighted by atomic mass is 9.94. The number of methoxy groups -OCH3 is 1. The van der Waals surface area contributed by atoms with Crippen molar-refractivity contribution >= 4 is 5.91 Å². The molecule has 2 saturated heterocycles. The molecular formula is C13H25N3O2. The first-order valence-corrected chi connectivity index (χ1v) is 6.85. The maximum absolute atomic E-state index is 12.2. The fourth-order valence-electron chi connectivity index (χ4n) is 2.93. The molecule has 2 fully saturated rings. The molecule has 0 radical (unpaired) electrons. The number of hydrogen-bond donors (Lipinski definition) is 2. The van der Waals surface area contributed by atoms with Crippen LogP contribution in [0, 0.1) is 5.92 Å². The number of nitrogens with one attached hydrogen (secondary N) is 2. The Morgan fingerprint density at radius 2 is 2.28 bits per heavy atom. The summed E-state index contributed by atoms with van der Waals surface area (Å²) in [5, 5.41) is 6.42. The van der Waals surface area contributed by atoms with Gasteiger partial charge in [-0.15, -0.1) is 0 Å². The number of hydrogen-bond acceptors (Lipinski definition) is 4. The molecule has 2 aliphatic rings. The third kappa shape index (κ3) is 3.22. The highest BCUT2D eigenvalue weighted by Crippen LogP contribution is 2.16. The van der Waals surface area contributed by atoms with Gasteiger partial charge in [0.05, 0.1) is 12.1 Å². The van der Waals surface area contributed by atoms with E-state index in [1.165, 1.54) is 0 Å². The first kappa shape index (κ1) is 13.8. The predicted molar refractivity (Wildman–Crippen MR) is 70.4 cm³/mol. The summed E-state index contributed by atoms with van der Waals surface area (Å²) in [5.74, 6) is 0.656. The van der Waals surface area contributed by atoms with E-state index in [2.05, 4.69) is 29.5 Å². The molecule has 0 bridgehead atoms. The minimum absolute atomic E-state index is 0.0817. The Balaban J connectivity index is 1.81. The van der Waals surface area contributed by atoms with Crippen LogP contribution in [0.2, 0.25) is 0 Å². The second-order valence-corrected chi connectivity index (χ2v) is 5.70. The number of piperidine rings is 1. The number of amides is 1. The molecule has 0 aliphatic carbocycles. The van der Waals surface area contributed by atoms with Crippen LogP contribution >= 0.6 is 0 Å². The predicted octanol–water partition coefficient (Wildman–Crippen LogP) is -0.180. The molecule has 0 aromatic rings. The lowest BCUT2D eigenvalue weighted by molar-refractivity contribution is -0.124. The van der Waals surface area contributed by atoms with E-state index in [0.717, 1.165) is 32.5 Å². The van der Waals surface area contributed by atoms with Gasteiger partial charge in [0.2, 0.25) is 5.91 Å². The molecule has 2 heterocycles. The van der Waals surface area contributed by atoms with E-state index in [1.807, 2.05) is 0 Å². The Morgan fingerprint density at radius 3 is 2.89 bits per heavy atom. The summed E-state index contributed by atoms with van der Waals surface area (Å²) in [7, 11) is 3.84. The van der Waals surface area contributed by atoms with Crippen molar-refractivity contribution < 1.29 is 9.53 Å². The van der Waals surface area contributed by atoms with Crippen molar-refractivity contribution in [2.24, 2.45) is 5.92 Å². The van der Waals surface area contributed by atoms with E-state index in [9.17, 15) is 4.79 Å². The molecule has 4 atom stereocenters. The van der Waals surface area contributed by atoms with E-state index in [-0.39, 0.29) is 18.1 Å². The van der Waals surface area contributed by atoms with Gasteiger partial charge < -0.3 is 20.3 Å². The van der Waals surface area contributed by atoms with Crippen LogP contribution in [0.4, 0.5) is 0 Å². The van der Waals surface area contributed by atoms with Crippen LogP contribution in [0.5, 0.6) is 0 Å². The molecule has 5 heteroatoms. The highest BCUT2D eigenvalue weighted by atomic mass is 16.5. The van der Waals surface area contributed by atoms with Crippen LogP contribution in [0.25, 0.3) is 0 Å². The highest BCUT2D eigenvalue weighted by molar-refractivity contribution is 5.82. The van der Waals surface area contributed by atoms with Gasteiger partial charge in [-0.25, -0.2) is 0 Å². The fraction of sp³-hybridized carbons (Fsp3) is 0.923. The number of likely N-dealkylation sites (tertiary alicyclic amines) is 1. The summed E-state index contributed by atoms with van der Waals surface area (Å²) in [5.41, 5.74) is 0. The second-order valence-electron chi connectivity index (χ2n) is 5.70. The second kappa shape index (κ2) is 5.99. The van der Waals surface area contributed by atoms with Crippen molar-refractivity contribution in [1.29, 1.82) is 0 Å². The normalized spacial score (nSPS) is 37.7. The molecule has 0 aromatic carbocycles. The first-order valence-electron chi connectivity index (χ1n) is 6.85. The van der Waals surface area contributed by atoms with Crippen LogP contribution in [0.15, 0.2) is 0 Å². The lowest BCUT2D eigenvalue weighted by Crippen LogP contribution is -2.52. The number of carbonyl (C=O) groups excluding carboxylic acids is 1. The summed E-state index contributed by atoms with van der Waals surface area (Å²) in [6.45, 7) is 5.11. The van der Waals surface area contributed by atoms with Crippen molar-refractivity contribution in [3.63, 3.8) is 0 Å². The van der Waals surface area contributed by atoms with Crippen LogP contribution in [0.3, 0.4) is 0 Å². The van der Waals surface area contributed by atoms with Gasteiger partial charge in [-0.2, -0.15) is 0 Å². The summed E-state index contributed by atoms with van der Waals surface area (Å²) in [6.07, 6.45) is 2.00. The van der Waals surface area contributed by atoms with Gasteiger partial charge in [0.1, 0.15) is 0 Å². The van der Waals surface area contributed by atoms with Gasteiger partial charge in [-0.05, 0) is 32.4 Å². The number of ether oxygens (including phenoxy) is 1. The zero-order valence-corrected chi connectivity index (χ0v) is 11.6. The van der Waals surface area contributed by atoms with E-state index in [0.29, 0.717) is 12.0 Å². The van der Waals surface area contributed by atoms with E-state index in [1.54, 1.807) is 7.11 Å². The smallest absolute Gasteiger partial charge is 0.237 e. The quantitative estimate of drug-likeness (QED) is 0.734.